The number of hydrogen-bond donors (Lipinski definition) is 0. The molecule has 0 atom stereocenters. The minimum atomic E-state index is -4.06. The molecule has 0 unspecified atom stereocenters. The summed E-state index contributed by atoms with van der Waals surface area (Å²) in [5, 5.41) is 0.790. The molecular weight excluding hydrogens is 376 g/mol. The van der Waals surface area contributed by atoms with Crippen LogP contribution in [-0.4, -0.2) is 37.3 Å². The molecule has 0 aliphatic heterocycles. The molecule has 0 fully saturated rings. The maximum atomic E-state index is 12.7. The molecule has 1 heterocycles. The van der Waals surface area contributed by atoms with E-state index in [2.05, 4.69) is 4.98 Å². The monoisotopic (exact) mass is 398 g/mol. The normalized spacial score (nSPS) is 11.4. The Morgan fingerprint density at radius 2 is 1.68 bits per heavy atom. The highest BCUT2D eigenvalue weighted by atomic mass is 32.2. The van der Waals surface area contributed by atoms with Crippen LogP contribution < -0.4 is 4.18 Å². The number of amides is 1. The Morgan fingerprint density at radius 1 is 1.00 bits per heavy atom. The van der Waals surface area contributed by atoms with Crippen molar-refractivity contribution in [1.82, 2.24) is 9.88 Å². The first-order chi connectivity index (χ1) is 13.4. The summed E-state index contributed by atoms with van der Waals surface area (Å²) in [5.74, 6) is 0.0353. The highest BCUT2D eigenvalue weighted by Crippen LogP contribution is 2.27. The first-order valence-corrected chi connectivity index (χ1v) is 10.5. The Kier molecular flexibility index (Phi) is 5.65. The number of hydrogen-bond acceptors (Lipinski definition) is 5. The van der Waals surface area contributed by atoms with Gasteiger partial charge >= 0.3 is 10.1 Å². The largest absolute Gasteiger partial charge is 0.377 e. The van der Waals surface area contributed by atoms with Gasteiger partial charge in [0.05, 0.1) is 0 Å². The second kappa shape index (κ2) is 7.98. The van der Waals surface area contributed by atoms with Gasteiger partial charge in [0.1, 0.15) is 10.4 Å². The van der Waals surface area contributed by atoms with Crippen molar-refractivity contribution in [2.45, 2.75) is 25.7 Å². The van der Waals surface area contributed by atoms with Crippen molar-refractivity contribution < 1.29 is 17.4 Å². The van der Waals surface area contributed by atoms with E-state index in [0.29, 0.717) is 24.2 Å². The topological polar surface area (TPSA) is 76.6 Å². The Morgan fingerprint density at radius 3 is 2.32 bits per heavy atom. The van der Waals surface area contributed by atoms with Crippen LogP contribution in [0.15, 0.2) is 59.5 Å². The number of fused-ring (bicyclic) bond motifs is 1. The van der Waals surface area contributed by atoms with Crippen molar-refractivity contribution in [2.75, 3.05) is 13.1 Å². The molecule has 3 aromatic rings. The zero-order valence-electron chi connectivity index (χ0n) is 16.0. The second-order valence-electron chi connectivity index (χ2n) is 6.32. The molecule has 3 rings (SSSR count). The van der Waals surface area contributed by atoms with E-state index in [1.807, 2.05) is 39.0 Å². The maximum absolute atomic E-state index is 12.7. The number of aromatic nitrogens is 1. The van der Waals surface area contributed by atoms with Gasteiger partial charge in [-0.1, -0.05) is 18.2 Å². The van der Waals surface area contributed by atoms with Gasteiger partial charge in [-0.2, -0.15) is 8.42 Å². The first kappa shape index (κ1) is 19.8. The highest BCUT2D eigenvalue weighted by Gasteiger charge is 2.20. The standard InChI is InChI=1S/C21H22N2O4S/c1-4-23(5-2)21(24)17-11-13-18(14-12-17)28(25,26)27-19-8-6-7-16-10-9-15(3)22-20(16)19/h6-14H,4-5H2,1-3H3. The Balaban J connectivity index is 1.90. The Hall–Kier alpha value is -2.93. The molecule has 0 aliphatic rings. The number of carbonyl (C=O) groups is 1. The van der Waals surface area contributed by atoms with Crippen molar-refractivity contribution in [3.63, 3.8) is 0 Å². The molecule has 0 radical (unpaired) electrons. The number of para-hydroxylation sites is 1. The van der Waals surface area contributed by atoms with E-state index in [1.165, 1.54) is 24.3 Å². The summed E-state index contributed by atoms with van der Waals surface area (Å²) in [6.07, 6.45) is 0. The molecule has 0 saturated carbocycles. The predicted octanol–water partition coefficient (Wildman–Crippen LogP) is 3.79. The number of rotatable bonds is 6. The van der Waals surface area contributed by atoms with Gasteiger partial charge in [0.25, 0.3) is 5.91 Å². The minimum absolute atomic E-state index is 0.0201. The first-order valence-electron chi connectivity index (χ1n) is 9.06. The van der Waals surface area contributed by atoms with Crippen LogP contribution in [0.1, 0.15) is 29.9 Å². The van der Waals surface area contributed by atoms with Crippen molar-refractivity contribution in [1.29, 1.82) is 0 Å². The molecule has 0 spiro atoms. The number of pyridine rings is 1. The molecule has 0 saturated heterocycles. The van der Waals surface area contributed by atoms with Gasteiger partial charge in [0, 0.05) is 29.7 Å². The van der Waals surface area contributed by atoms with Crippen LogP contribution in [0.5, 0.6) is 5.75 Å². The summed E-state index contributed by atoms with van der Waals surface area (Å²) in [6.45, 7) is 6.80. The van der Waals surface area contributed by atoms with Crippen LogP contribution in [0.2, 0.25) is 0 Å². The molecule has 1 amide bonds. The summed E-state index contributed by atoms with van der Waals surface area (Å²) in [5.41, 5.74) is 1.68. The SMILES string of the molecule is CCN(CC)C(=O)c1ccc(S(=O)(=O)Oc2cccc3ccc(C)nc23)cc1. The van der Waals surface area contributed by atoms with Crippen molar-refractivity contribution in [3.05, 3.63) is 65.9 Å². The quantitative estimate of drug-likeness (QED) is 0.591. The molecule has 1 aromatic heterocycles. The highest BCUT2D eigenvalue weighted by molar-refractivity contribution is 7.87. The molecule has 0 N–H and O–H groups in total. The summed E-state index contributed by atoms with van der Waals surface area (Å²) in [4.78, 5) is 18.4. The third-order valence-corrected chi connectivity index (χ3v) is 5.71. The second-order valence-corrected chi connectivity index (χ2v) is 7.87. The lowest BCUT2D eigenvalue weighted by molar-refractivity contribution is 0.0773. The predicted molar refractivity (Wildman–Crippen MR) is 108 cm³/mol. The van der Waals surface area contributed by atoms with Crippen LogP contribution in [0, 0.1) is 6.92 Å². The van der Waals surface area contributed by atoms with Gasteiger partial charge < -0.3 is 9.08 Å². The van der Waals surface area contributed by atoms with Crippen LogP contribution in [0.3, 0.4) is 0 Å². The van der Waals surface area contributed by atoms with Gasteiger partial charge in [-0.05, 0) is 57.2 Å². The molecule has 7 heteroatoms. The fraction of sp³-hybridized carbons (Fsp3) is 0.238. The fourth-order valence-corrected chi connectivity index (χ4v) is 3.85. The van der Waals surface area contributed by atoms with Crippen molar-refractivity contribution >= 4 is 26.9 Å². The number of nitrogens with zero attached hydrogens (tertiary/aromatic N) is 2. The summed E-state index contributed by atoms with van der Waals surface area (Å²) in [7, 11) is -4.06. The van der Waals surface area contributed by atoms with E-state index in [4.69, 9.17) is 4.18 Å². The van der Waals surface area contributed by atoms with Gasteiger partial charge in [0.15, 0.2) is 5.75 Å². The van der Waals surface area contributed by atoms with E-state index in [1.54, 1.807) is 17.0 Å². The minimum Gasteiger partial charge on any atom is -0.377 e. The molecule has 0 bridgehead atoms. The van der Waals surface area contributed by atoms with Crippen molar-refractivity contribution in [2.24, 2.45) is 0 Å². The van der Waals surface area contributed by atoms with E-state index >= 15 is 0 Å². The van der Waals surface area contributed by atoms with Crippen LogP contribution in [0.4, 0.5) is 0 Å². The Labute approximate surface area is 164 Å². The third-order valence-electron chi connectivity index (χ3n) is 4.46. The number of aryl methyl sites for hydroxylation is 1. The fourth-order valence-electron chi connectivity index (χ4n) is 2.91. The number of benzene rings is 2. The van der Waals surface area contributed by atoms with Gasteiger partial charge in [-0.3, -0.25) is 4.79 Å². The zero-order chi connectivity index (χ0) is 20.3. The van der Waals surface area contributed by atoms with Gasteiger partial charge in [0.2, 0.25) is 0 Å². The Bertz CT molecular complexity index is 1100. The smallest absolute Gasteiger partial charge is 0.339 e. The van der Waals surface area contributed by atoms with E-state index in [9.17, 15) is 13.2 Å². The van der Waals surface area contributed by atoms with E-state index in [0.717, 1.165) is 11.1 Å². The maximum Gasteiger partial charge on any atom is 0.339 e. The van der Waals surface area contributed by atoms with Gasteiger partial charge in [-0.15, -0.1) is 0 Å². The lowest BCUT2D eigenvalue weighted by Gasteiger charge is -2.18. The molecule has 28 heavy (non-hydrogen) atoms. The van der Waals surface area contributed by atoms with Crippen LogP contribution in [-0.2, 0) is 10.1 Å². The molecule has 6 nitrogen and oxygen atoms in total. The lowest BCUT2D eigenvalue weighted by Crippen LogP contribution is -2.30. The van der Waals surface area contributed by atoms with Gasteiger partial charge in [-0.25, -0.2) is 4.98 Å². The van der Waals surface area contributed by atoms with Crippen molar-refractivity contribution in [3.8, 4) is 5.75 Å². The lowest BCUT2D eigenvalue weighted by atomic mass is 10.2. The summed E-state index contributed by atoms with van der Waals surface area (Å²) >= 11 is 0. The van der Waals surface area contributed by atoms with E-state index < -0.39 is 10.1 Å². The summed E-state index contributed by atoms with van der Waals surface area (Å²) < 4.78 is 30.8. The molecule has 2 aromatic carbocycles. The van der Waals surface area contributed by atoms with Crippen LogP contribution in [0.25, 0.3) is 10.9 Å². The average Bonchev–Trinajstić information content (AvgIpc) is 2.69. The molecular formula is C21H22N2O4S. The number of carbonyl (C=O) groups excluding carboxylic acids is 1. The molecule has 146 valence electrons. The third kappa shape index (κ3) is 3.99. The van der Waals surface area contributed by atoms with Crippen LogP contribution >= 0.6 is 0 Å². The average molecular weight is 398 g/mol. The summed E-state index contributed by atoms with van der Waals surface area (Å²) in [6, 6.07) is 14.6. The zero-order valence-corrected chi connectivity index (χ0v) is 16.9. The van der Waals surface area contributed by atoms with E-state index in [-0.39, 0.29) is 16.6 Å². The molecule has 0 aliphatic carbocycles.